The molecule has 1 fully saturated rings. The Morgan fingerprint density at radius 2 is 1.70 bits per heavy atom. The van der Waals surface area contributed by atoms with Crippen LogP contribution >= 0.6 is 11.3 Å². The van der Waals surface area contributed by atoms with E-state index in [2.05, 4.69) is 9.97 Å². The molecule has 2 N–H and O–H groups in total. The van der Waals surface area contributed by atoms with Gasteiger partial charge in [-0.15, -0.1) is 11.3 Å². The van der Waals surface area contributed by atoms with Gasteiger partial charge in [0.15, 0.2) is 9.84 Å². The zero-order valence-corrected chi connectivity index (χ0v) is 21.0. The Hall–Kier alpha value is -3.35. The lowest BCUT2D eigenvalue weighted by atomic mass is 10.0. The highest BCUT2D eigenvalue weighted by molar-refractivity contribution is 7.90. The molecule has 2 aromatic heterocycles. The number of nitrogens with two attached hydrogens (primary N) is 1. The van der Waals surface area contributed by atoms with Gasteiger partial charge in [0.25, 0.3) is 0 Å². The number of anilines is 1. The van der Waals surface area contributed by atoms with E-state index in [4.69, 9.17) is 15.5 Å². The summed E-state index contributed by atoms with van der Waals surface area (Å²) in [5.74, 6) is -4.11. The Bertz CT molecular complexity index is 1550. The number of nitrogens with zero attached hydrogens (tertiary/aromatic N) is 3. The number of rotatable bonds is 6. The van der Waals surface area contributed by atoms with Gasteiger partial charge in [-0.1, -0.05) is 18.2 Å². The maximum absolute atomic E-state index is 15.9. The standard InChI is InChI=1S/C25H21F3N4O3S2/c26-17-5-2-6-18(27)23(17)37(33,34)13-15-3-1-4-16(20(15)28)21-22(19-7-10-30-25(29)31-19)36-24(32-21)14-8-11-35-12-9-14/h1-7,10,14H,8-9,11-13H2,(H2,29,30,31). The molecule has 5 rings (SSSR count). The van der Waals surface area contributed by atoms with Gasteiger partial charge in [-0.05, 0) is 37.1 Å². The summed E-state index contributed by atoms with van der Waals surface area (Å²) in [5, 5.41) is 0.774. The van der Waals surface area contributed by atoms with E-state index >= 15 is 4.39 Å². The lowest BCUT2D eigenvalue weighted by Gasteiger charge is -2.19. The molecule has 0 radical (unpaired) electrons. The van der Waals surface area contributed by atoms with Crippen LogP contribution in [0.1, 0.15) is 29.3 Å². The second-order valence-electron chi connectivity index (χ2n) is 8.51. The van der Waals surface area contributed by atoms with Gasteiger partial charge in [-0.3, -0.25) is 0 Å². The predicted octanol–water partition coefficient (Wildman–Crippen LogP) is 5.13. The predicted molar refractivity (Wildman–Crippen MR) is 133 cm³/mol. The van der Waals surface area contributed by atoms with Crippen LogP contribution < -0.4 is 5.73 Å². The lowest BCUT2D eigenvalue weighted by molar-refractivity contribution is 0.0853. The molecule has 0 bridgehead atoms. The molecule has 37 heavy (non-hydrogen) atoms. The van der Waals surface area contributed by atoms with Crippen LogP contribution in [0.3, 0.4) is 0 Å². The normalized spacial score (nSPS) is 14.7. The van der Waals surface area contributed by atoms with Crippen LogP contribution in [0.5, 0.6) is 0 Å². The van der Waals surface area contributed by atoms with Crippen molar-refractivity contribution in [1.29, 1.82) is 0 Å². The minimum absolute atomic E-state index is 0.0386. The van der Waals surface area contributed by atoms with Gasteiger partial charge in [-0.2, -0.15) is 0 Å². The summed E-state index contributed by atoms with van der Waals surface area (Å²) < 4.78 is 75.5. The third kappa shape index (κ3) is 5.09. The number of aromatic nitrogens is 3. The minimum atomic E-state index is -4.53. The first-order chi connectivity index (χ1) is 17.7. The molecule has 1 aliphatic heterocycles. The number of hydrogen-bond acceptors (Lipinski definition) is 8. The Balaban J connectivity index is 1.60. The van der Waals surface area contributed by atoms with Crippen molar-refractivity contribution in [2.24, 2.45) is 0 Å². The fraction of sp³-hybridized carbons (Fsp3) is 0.240. The molecule has 192 valence electrons. The fourth-order valence-electron chi connectivity index (χ4n) is 4.24. The Morgan fingerprint density at radius 3 is 2.41 bits per heavy atom. The van der Waals surface area contributed by atoms with Gasteiger partial charge < -0.3 is 10.5 Å². The minimum Gasteiger partial charge on any atom is -0.381 e. The summed E-state index contributed by atoms with van der Waals surface area (Å²) in [4.78, 5) is 12.4. The number of nitrogen functional groups attached to an aromatic ring is 1. The molecule has 12 heteroatoms. The molecular formula is C25H21F3N4O3S2. The van der Waals surface area contributed by atoms with Crippen molar-refractivity contribution in [3.63, 3.8) is 0 Å². The first-order valence-electron chi connectivity index (χ1n) is 11.4. The topological polar surface area (TPSA) is 108 Å². The highest BCUT2D eigenvalue weighted by atomic mass is 32.2. The number of benzene rings is 2. The maximum Gasteiger partial charge on any atom is 0.220 e. The van der Waals surface area contributed by atoms with E-state index in [1.54, 1.807) is 6.07 Å². The van der Waals surface area contributed by atoms with E-state index in [1.165, 1.54) is 35.7 Å². The van der Waals surface area contributed by atoms with Gasteiger partial charge in [0.2, 0.25) is 5.95 Å². The molecule has 0 saturated carbocycles. The van der Waals surface area contributed by atoms with Crippen LogP contribution in [-0.4, -0.2) is 36.6 Å². The highest BCUT2D eigenvalue weighted by Gasteiger charge is 2.29. The van der Waals surface area contributed by atoms with Crippen LogP contribution in [0.25, 0.3) is 21.8 Å². The van der Waals surface area contributed by atoms with Crippen molar-refractivity contribution in [2.75, 3.05) is 18.9 Å². The highest BCUT2D eigenvalue weighted by Crippen LogP contribution is 2.42. The van der Waals surface area contributed by atoms with Crippen LogP contribution in [0.4, 0.5) is 19.1 Å². The average Bonchev–Trinajstić information content (AvgIpc) is 3.31. The number of halogens is 3. The number of sulfone groups is 1. The molecule has 0 atom stereocenters. The molecule has 2 aromatic carbocycles. The van der Waals surface area contributed by atoms with Crippen molar-refractivity contribution in [3.8, 4) is 21.8 Å². The zero-order valence-electron chi connectivity index (χ0n) is 19.3. The fourth-order valence-corrected chi connectivity index (χ4v) is 6.97. The molecule has 1 saturated heterocycles. The largest absolute Gasteiger partial charge is 0.381 e. The number of thiazole rings is 1. The Morgan fingerprint density at radius 1 is 1.00 bits per heavy atom. The molecule has 0 spiro atoms. The van der Waals surface area contributed by atoms with Gasteiger partial charge >= 0.3 is 0 Å². The first-order valence-corrected chi connectivity index (χ1v) is 13.8. The molecule has 4 aromatic rings. The molecule has 7 nitrogen and oxygen atoms in total. The zero-order chi connectivity index (χ0) is 26.2. The van der Waals surface area contributed by atoms with Crippen LogP contribution in [0.2, 0.25) is 0 Å². The van der Waals surface area contributed by atoms with Gasteiger partial charge in [0.1, 0.15) is 22.3 Å². The smallest absolute Gasteiger partial charge is 0.220 e. The second-order valence-corrected chi connectivity index (χ2v) is 11.5. The van der Waals surface area contributed by atoms with Gasteiger partial charge in [0, 0.05) is 36.5 Å². The van der Waals surface area contributed by atoms with E-state index in [1.807, 2.05) is 0 Å². The molecule has 0 amide bonds. The van der Waals surface area contributed by atoms with Crippen molar-refractivity contribution < 1.29 is 26.3 Å². The number of ether oxygens (including phenoxy) is 1. The van der Waals surface area contributed by atoms with Crippen LogP contribution in [-0.2, 0) is 20.3 Å². The third-order valence-corrected chi connectivity index (χ3v) is 8.97. The van der Waals surface area contributed by atoms with Crippen molar-refractivity contribution >= 4 is 27.1 Å². The molecule has 1 aliphatic rings. The van der Waals surface area contributed by atoms with Gasteiger partial charge in [0.05, 0.1) is 27.0 Å². The summed E-state index contributed by atoms with van der Waals surface area (Å²) >= 11 is 1.35. The van der Waals surface area contributed by atoms with Gasteiger partial charge in [-0.25, -0.2) is 36.5 Å². The Kier molecular flexibility index (Phi) is 6.97. The Labute approximate surface area is 215 Å². The summed E-state index contributed by atoms with van der Waals surface area (Å²) in [6, 6.07) is 8.60. The van der Waals surface area contributed by atoms with Crippen molar-refractivity contribution in [3.05, 3.63) is 76.7 Å². The monoisotopic (exact) mass is 546 g/mol. The molecule has 0 unspecified atom stereocenters. The quantitative estimate of drug-likeness (QED) is 0.357. The SMILES string of the molecule is Nc1nccc(-c2sc(C3CCOCC3)nc2-c2cccc(CS(=O)(=O)c3c(F)cccc3F)c2F)n1. The van der Waals surface area contributed by atoms with Crippen molar-refractivity contribution in [2.45, 2.75) is 29.4 Å². The van der Waals surface area contributed by atoms with E-state index in [9.17, 15) is 17.2 Å². The van der Waals surface area contributed by atoms with E-state index in [0.717, 1.165) is 36.0 Å². The van der Waals surface area contributed by atoms with E-state index < -0.39 is 37.9 Å². The molecular weight excluding hydrogens is 525 g/mol. The van der Waals surface area contributed by atoms with E-state index in [0.29, 0.717) is 23.8 Å². The summed E-state index contributed by atoms with van der Waals surface area (Å²) in [6.45, 7) is 1.17. The second kappa shape index (κ2) is 10.2. The lowest BCUT2D eigenvalue weighted by Crippen LogP contribution is -2.13. The summed E-state index contributed by atoms with van der Waals surface area (Å²) in [6.07, 6.45) is 3.00. The number of hydrogen-bond donors (Lipinski definition) is 1. The van der Waals surface area contributed by atoms with E-state index in [-0.39, 0.29) is 28.7 Å². The summed E-state index contributed by atoms with van der Waals surface area (Å²) in [7, 11) is -4.53. The van der Waals surface area contributed by atoms with Crippen molar-refractivity contribution in [1.82, 2.24) is 15.0 Å². The van der Waals surface area contributed by atoms with Crippen LogP contribution in [0.15, 0.2) is 53.6 Å². The maximum atomic E-state index is 15.9. The summed E-state index contributed by atoms with van der Waals surface area (Å²) in [5.41, 5.74) is 6.31. The average molecular weight is 547 g/mol. The molecule has 3 heterocycles. The first kappa shape index (κ1) is 25.3. The van der Waals surface area contributed by atoms with Crippen LogP contribution in [0, 0.1) is 17.5 Å². The molecule has 0 aliphatic carbocycles. The third-order valence-electron chi connectivity index (χ3n) is 6.03.